The molecule has 2 N–H and O–H groups in total. The van der Waals surface area contributed by atoms with Crippen LogP contribution in [-0.2, 0) is 28.5 Å². The van der Waals surface area contributed by atoms with E-state index in [1.165, 1.54) is 103 Å². The number of fused-ring (bicyclic) bond motifs is 2. The van der Waals surface area contributed by atoms with Crippen molar-refractivity contribution in [3.63, 3.8) is 0 Å². The van der Waals surface area contributed by atoms with Crippen LogP contribution in [0.3, 0.4) is 0 Å². The molecule has 4 atom stereocenters. The van der Waals surface area contributed by atoms with Gasteiger partial charge in [-0.25, -0.2) is 9.98 Å². The number of hydrogen-bond donors (Lipinski definition) is 2. The minimum atomic E-state index is -1.09. The summed E-state index contributed by atoms with van der Waals surface area (Å²) in [6.45, 7) is 4.35. The largest absolute Gasteiger partial charge is 0.475 e. The van der Waals surface area contributed by atoms with Crippen molar-refractivity contribution in [1.29, 1.82) is 0 Å². The Kier molecular flexibility index (Phi) is 22.8. The molecule has 4 unspecified atom stereocenters. The molecule has 342 valence electrons. The standard InChI is InChI=1S/C50H84N2O8/c1-3-5-7-9-11-13-15-17-19-21-23-25-27-29-31-35-43(55)59-49(45-51-47(49,39-53)41-57-45)37-33-34-38-50(46-52-48(50,40-54)42-58-46)60-44(56)36-32-30-28-26-24-22-20-18-16-14-12-10-8-6-4-2/h17-20,53-54H,3-16,21-42H2,1-2H3/b19-17+,20-18+. The number of allylic oxidation sites excluding steroid dienone is 4. The zero-order valence-corrected chi connectivity index (χ0v) is 38.0. The maximum atomic E-state index is 13.2. The molecule has 0 radical (unpaired) electrons. The summed E-state index contributed by atoms with van der Waals surface area (Å²) in [5.41, 5.74) is -4.14. The highest BCUT2D eigenvalue weighted by Gasteiger charge is 2.73. The molecule has 10 heteroatoms. The Labute approximate surface area is 363 Å². The average Bonchev–Trinajstić information content (AvgIpc) is 4.04. The molecule has 0 amide bonds. The zero-order valence-electron chi connectivity index (χ0n) is 38.0. The SMILES string of the molecule is CCCCCCCC/C=C/CCCCCCCC(=O)OC1(CCCCC2(OC(=O)CCCCCCC/C=C/CCCCCCCC)C3=NC2(CO)CO3)C2=NC1(CO)CO2. The van der Waals surface area contributed by atoms with Gasteiger partial charge in [0.05, 0.1) is 13.2 Å². The molecule has 2 fully saturated rings. The fraction of sp³-hybridized carbons (Fsp3) is 0.840. The molecule has 0 aromatic rings. The smallest absolute Gasteiger partial charge is 0.306 e. The summed E-state index contributed by atoms with van der Waals surface area (Å²) in [6, 6.07) is 0. The van der Waals surface area contributed by atoms with E-state index in [9.17, 15) is 19.8 Å². The van der Waals surface area contributed by atoms with Gasteiger partial charge in [-0.1, -0.05) is 141 Å². The molecule has 4 bridgehead atoms. The van der Waals surface area contributed by atoms with E-state index < -0.39 is 22.3 Å². The van der Waals surface area contributed by atoms with Gasteiger partial charge in [0.25, 0.3) is 0 Å². The van der Waals surface area contributed by atoms with E-state index in [4.69, 9.17) is 18.9 Å². The third-order valence-corrected chi connectivity index (χ3v) is 13.4. The van der Waals surface area contributed by atoms with E-state index >= 15 is 0 Å². The Balaban J connectivity index is 1.12. The predicted molar refractivity (Wildman–Crippen MR) is 241 cm³/mol. The number of carbonyl (C=O) groups is 2. The van der Waals surface area contributed by atoms with Crippen LogP contribution in [-0.4, -0.2) is 82.7 Å². The van der Waals surface area contributed by atoms with Crippen molar-refractivity contribution in [1.82, 2.24) is 0 Å². The van der Waals surface area contributed by atoms with Gasteiger partial charge >= 0.3 is 11.9 Å². The Morgan fingerprint density at radius 3 is 1.13 bits per heavy atom. The van der Waals surface area contributed by atoms with Crippen LogP contribution in [0.4, 0.5) is 0 Å². The monoisotopic (exact) mass is 841 g/mol. The lowest BCUT2D eigenvalue weighted by Gasteiger charge is -2.46. The fourth-order valence-corrected chi connectivity index (χ4v) is 9.41. The normalized spacial score (nSPS) is 24.9. The molecule has 60 heavy (non-hydrogen) atoms. The topological polar surface area (TPSA) is 136 Å². The molecule has 0 aromatic carbocycles. The first-order valence-electron chi connectivity index (χ1n) is 24.8. The third kappa shape index (κ3) is 13.9. The van der Waals surface area contributed by atoms with Crippen LogP contribution in [0.25, 0.3) is 0 Å². The van der Waals surface area contributed by atoms with Crippen molar-refractivity contribution in [3.05, 3.63) is 24.3 Å². The van der Waals surface area contributed by atoms with Crippen LogP contribution < -0.4 is 0 Å². The highest BCUT2D eigenvalue weighted by atomic mass is 16.6. The van der Waals surface area contributed by atoms with Crippen LogP contribution in [0.5, 0.6) is 0 Å². The number of esters is 2. The molecule has 6 rings (SSSR count). The van der Waals surface area contributed by atoms with E-state index in [1.54, 1.807) is 0 Å². The Bertz CT molecular complexity index is 1280. The minimum absolute atomic E-state index is 0.190. The minimum Gasteiger partial charge on any atom is -0.475 e. The van der Waals surface area contributed by atoms with Crippen LogP contribution in [0.1, 0.15) is 219 Å². The third-order valence-electron chi connectivity index (χ3n) is 13.4. The van der Waals surface area contributed by atoms with E-state index in [1.807, 2.05) is 0 Å². The first-order valence-corrected chi connectivity index (χ1v) is 24.8. The van der Waals surface area contributed by atoms with Crippen LogP contribution in [0, 0.1) is 0 Å². The lowest BCUT2D eigenvalue weighted by molar-refractivity contribution is -0.165. The molecule has 6 aliphatic rings. The first-order chi connectivity index (χ1) is 29.4. The second-order valence-electron chi connectivity index (χ2n) is 18.3. The number of aliphatic hydroxyl groups excluding tert-OH is 2. The highest BCUT2D eigenvalue weighted by molar-refractivity contribution is 5.99. The molecular formula is C50H84N2O8. The molecular weight excluding hydrogens is 757 g/mol. The number of carbonyl (C=O) groups excluding carboxylic acids is 2. The van der Waals surface area contributed by atoms with Crippen molar-refractivity contribution in [2.45, 2.75) is 242 Å². The van der Waals surface area contributed by atoms with Gasteiger partial charge in [0.15, 0.2) is 11.1 Å². The molecule has 0 spiro atoms. The highest BCUT2D eigenvalue weighted by Crippen LogP contribution is 2.52. The van der Waals surface area contributed by atoms with Gasteiger partial charge in [0.1, 0.15) is 13.2 Å². The lowest BCUT2D eigenvalue weighted by atomic mass is 9.71. The van der Waals surface area contributed by atoms with E-state index in [0.717, 1.165) is 64.2 Å². The molecule has 0 aromatic heterocycles. The number of nitrogens with zero attached hydrogens (tertiary/aromatic N) is 2. The van der Waals surface area contributed by atoms with Crippen LogP contribution in [0.15, 0.2) is 34.3 Å². The number of aliphatic imine (C=N–C) groups is 2. The summed E-state index contributed by atoms with van der Waals surface area (Å²) >= 11 is 0. The first kappa shape index (κ1) is 49.9. The summed E-state index contributed by atoms with van der Waals surface area (Å²) in [4.78, 5) is 35.5. The second kappa shape index (κ2) is 27.4. The molecule has 10 nitrogen and oxygen atoms in total. The summed E-state index contributed by atoms with van der Waals surface area (Å²) in [6.07, 6.45) is 43.0. The quantitative estimate of drug-likeness (QED) is 0.0355. The van der Waals surface area contributed by atoms with Gasteiger partial charge in [0.2, 0.25) is 23.0 Å². The Morgan fingerprint density at radius 1 is 0.500 bits per heavy atom. The Morgan fingerprint density at radius 2 is 0.817 bits per heavy atom. The van der Waals surface area contributed by atoms with Gasteiger partial charge in [-0.2, -0.15) is 0 Å². The summed E-state index contributed by atoms with van der Waals surface area (Å²) in [7, 11) is 0. The van der Waals surface area contributed by atoms with Crippen molar-refractivity contribution >= 4 is 23.7 Å². The Hall–Kier alpha value is -2.72. The maximum Gasteiger partial charge on any atom is 0.306 e. The average molecular weight is 841 g/mol. The van der Waals surface area contributed by atoms with E-state index in [-0.39, 0.29) is 38.4 Å². The summed E-state index contributed by atoms with van der Waals surface area (Å²) < 4.78 is 24.0. The van der Waals surface area contributed by atoms with Crippen LogP contribution in [0.2, 0.25) is 0 Å². The van der Waals surface area contributed by atoms with Gasteiger partial charge in [-0.3, -0.25) is 9.59 Å². The molecule has 2 saturated heterocycles. The molecule has 6 heterocycles. The number of ether oxygens (including phenoxy) is 4. The van der Waals surface area contributed by atoms with Crippen molar-refractivity contribution in [2.24, 2.45) is 9.98 Å². The van der Waals surface area contributed by atoms with Gasteiger partial charge < -0.3 is 29.2 Å². The van der Waals surface area contributed by atoms with Gasteiger partial charge in [0, 0.05) is 12.8 Å². The molecule has 6 aliphatic heterocycles. The zero-order chi connectivity index (χ0) is 42.8. The van der Waals surface area contributed by atoms with Crippen molar-refractivity contribution < 1.29 is 38.7 Å². The van der Waals surface area contributed by atoms with Crippen LogP contribution >= 0.6 is 0 Å². The summed E-state index contributed by atoms with van der Waals surface area (Å²) in [5, 5.41) is 20.8. The lowest BCUT2D eigenvalue weighted by Crippen LogP contribution is -2.66. The van der Waals surface area contributed by atoms with Gasteiger partial charge in [-0.05, 0) is 89.9 Å². The van der Waals surface area contributed by atoms with E-state index in [0.29, 0.717) is 50.3 Å². The number of hydrogen-bond acceptors (Lipinski definition) is 10. The number of aliphatic hydroxyl groups is 2. The number of rotatable bonds is 39. The predicted octanol–water partition coefficient (Wildman–Crippen LogP) is 11.5. The van der Waals surface area contributed by atoms with E-state index in [2.05, 4.69) is 48.1 Å². The maximum absolute atomic E-state index is 13.2. The molecule has 0 saturated carbocycles. The van der Waals surface area contributed by atoms with Gasteiger partial charge in [-0.15, -0.1) is 0 Å². The fourth-order valence-electron chi connectivity index (χ4n) is 9.41. The number of unbranched alkanes of at least 4 members (excludes halogenated alkanes) is 23. The second-order valence-corrected chi connectivity index (χ2v) is 18.3. The van der Waals surface area contributed by atoms with Crippen molar-refractivity contribution in [2.75, 3.05) is 26.4 Å². The van der Waals surface area contributed by atoms with Crippen molar-refractivity contribution in [3.8, 4) is 0 Å². The molecule has 0 aliphatic carbocycles. The summed E-state index contributed by atoms with van der Waals surface area (Å²) in [5.74, 6) is 0.199.